The summed E-state index contributed by atoms with van der Waals surface area (Å²) in [5.41, 5.74) is 19.4. The van der Waals surface area contributed by atoms with Gasteiger partial charge in [-0.05, 0) is 183 Å². The lowest BCUT2D eigenvalue weighted by atomic mass is 9.82. The Hall–Kier alpha value is -8.53. The second-order valence-corrected chi connectivity index (χ2v) is 21.5. The van der Waals surface area contributed by atoms with E-state index < -0.39 is 0 Å². The van der Waals surface area contributed by atoms with E-state index in [0.29, 0.717) is 0 Å². The van der Waals surface area contributed by atoms with E-state index in [1.807, 2.05) is 30.4 Å². The summed E-state index contributed by atoms with van der Waals surface area (Å²) >= 11 is 6.68. The van der Waals surface area contributed by atoms with E-state index in [0.717, 1.165) is 47.3 Å². The van der Waals surface area contributed by atoms with Gasteiger partial charge in [-0.1, -0.05) is 262 Å². The lowest BCUT2D eigenvalue weighted by Gasteiger charge is -2.22. The fraction of sp³-hybridized carbons (Fsp3) is 0.103. The minimum absolute atomic E-state index is 0.0847. The molecule has 0 saturated heterocycles. The fourth-order valence-electron chi connectivity index (χ4n) is 10.4. The zero-order chi connectivity index (χ0) is 55.5. The van der Waals surface area contributed by atoms with Crippen molar-refractivity contribution in [1.82, 2.24) is 0 Å². The summed E-state index contributed by atoms with van der Waals surface area (Å²) in [7, 11) is 0. The summed E-state index contributed by atoms with van der Waals surface area (Å²) < 4.78 is 0. The minimum Gasteiger partial charge on any atom is -0.143 e. The van der Waals surface area contributed by atoms with Gasteiger partial charge in [-0.3, -0.25) is 0 Å². The zero-order valence-electron chi connectivity index (χ0n) is 46.3. The van der Waals surface area contributed by atoms with E-state index in [-0.39, 0.29) is 5.92 Å². The highest BCUT2D eigenvalue weighted by Crippen LogP contribution is 2.46. The lowest BCUT2D eigenvalue weighted by Crippen LogP contribution is -2.02. The van der Waals surface area contributed by atoms with Gasteiger partial charge in [0.25, 0.3) is 0 Å². The third-order valence-corrected chi connectivity index (χ3v) is 16.1. The lowest BCUT2D eigenvalue weighted by molar-refractivity contribution is 0.949. The summed E-state index contributed by atoms with van der Waals surface area (Å²) in [5.74, 6) is 0.0847. The molecular weight excluding hydrogens is 1000 g/mol. The molecule has 394 valence electrons. The van der Waals surface area contributed by atoms with Crippen molar-refractivity contribution >= 4 is 64.6 Å². The molecule has 0 N–H and O–H groups in total. The van der Waals surface area contributed by atoms with Crippen molar-refractivity contribution in [1.29, 1.82) is 0 Å². The van der Waals surface area contributed by atoms with Crippen molar-refractivity contribution in [3.63, 3.8) is 0 Å². The van der Waals surface area contributed by atoms with Crippen LogP contribution in [-0.2, 0) is 6.42 Å². The molecule has 0 saturated carbocycles. The minimum atomic E-state index is 0.0847. The van der Waals surface area contributed by atoms with E-state index in [1.165, 1.54) is 92.9 Å². The third-order valence-electron chi connectivity index (χ3n) is 14.5. The maximum atomic E-state index is 4.88. The molecule has 1 heterocycles. The van der Waals surface area contributed by atoms with Gasteiger partial charge in [-0.15, -0.1) is 24.0 Å². The second kappa shape index (κ2) is 28.4. The number of allylic oxidation sites excluding steroid dienone is 24. The topological polar surface area (TPSA) is 0 Å². The van der Waals surface area contributed by atoms with Crippen LogP contribution in [0.15, 0.2) is 301 Å². The van der Waals surface area contributed by atoms with E-state index in [4.69, 9.17) is 12.6 Å². The Balaban J connectivity index is 1.12. The Bertz CT molecular complexity index is 3740. The quantitative estimate of drug-likeness (QED) is 0.0334. The smallest absolute Gasteiger partial charge is 0.0349 e. The van der Waals surface area contributed by atoms with Gasteiger partial charge in [-0.2, -0.15) is 0 Å². The Labute approximate surface area is 486 Å². The van der Waals surface area contributed by atoms with Crippen LogP contribution in [0.2, 0.25) is 0 Å². The van der Waals surface area contributed by atoms with Crippen molar-refractivity contribution in [2.45, 2.75) is 46.5 Å². The molecule has 0 spiro atoms. The molecule has 1 atom stereocenters. The fourth-order valence-corrected chi connectivity index (χ4v) is 11.5. The predicted octanol–water partition coefficient (Wildman–Crippen LogP) is 22.6. The molecular formula is C78H70S2. The number of thiophene rings is 1. The normalized spacial score (nSPS) is 14.5. The molecule has 2 heteroatoms. The van der Waals surface area contributed by atoms with Gasteiger partial charge in [0.15, 0.2) is 0 Å². The first-order valence-electron chi connectivity index (χ1n) is 27.8. The molecule has 0 fully saturated rings. The first-order chi connectivity index (χ1) is 39.3. The number of fused-ring (bicyclic) bond motifs is 2. The molecule has 1 unspecified atom stereocenters. The maximum Gasteiger partial charge on any atom is 0.0349 e. The van der Waals surface area contributed by atoms with Crippen LogP contribution in [0.25, 0.3) is 73.3 Å². The number of hydrogen-bond donors (Lipinski definition) is 1. The third kappa shape index (κ3) is 14.2. The molecule has 2 aliphatic rings. The van der Waals surface area contributed by atoms with Crippen LogP contribution in [0, 0.1) is 5.92 Å². The average molecular weight is 1070 g/mol. The molecule has 6 aromatic carbocycles. The van der Waals surface area contributed by atoms with Crippen LogP contribution in [0.5, 0.6) is 0 Å². The first kappa shape index (κ1) is 56.2. The standard InChI is InChI=1S/C78H70S2/c1-6-10-16-28-58(9-4)40-39-57(5)75(79)38-25-35-68-51-54-76(80-68)67-50-53-72-74(56-67)78(66-48-43-60(44-49-66)55-73(63-31-19-13-20-32-63)64-33-21-14-22-34-64)71-37-24-15-23-36-70(71)77(72)65-46-41-59(42-47-65)45-52-69(61(26-7-2)27-8-3)62-29-17-11-12-18-30-62/h6-15,17,19-36,38-39,41-56,69,79H,2,4,16,18,37,40H2,1,3,5H3/b10-6-,27-8-,35-25+,52-45?,57-39+,58-28-,61-26+,75-38-. The summed E-state index contributed by atoms with van der Waals surface area (Å²) in [5, 5.41) is 2.46. The van der Waals surface area contributed by atoms with Crippen LogP contribution in [0.4, 0.5) is 0 Å². The monoisotopic (exact) mass is 1070 g/mol. The van der Waals surface area contributed by atoms with Crippen LogP contribution < -0.4 is 0 Å². The van der Waals surface area contributed by atoms with Gasteiger partial charge in [0.05, 0.1) is 0 Å². The summed E-state index contributed by atoms with van der Waals surface area (Å²) in [6.07, 6.45) is 55.7. The Kier molecular flexibility index (Phi) is 19.9. The highest BCUT2D eigenvalue weighted by Gasteiger charge is 2.22. The highest BCUT2D eigenvalue weighted by atomic mass is 32.1. The predicted molar refractivity (Wildman–Crippen MR) is 359 cm³/mol. The van der Waals surface area contributed by atoms with E-state index in [2.05, 4.69) is 300 Å². The van der Waals surface area contributed by atoms with Gasteiger partial charge in [0.1, 0.15) is 0 Å². The van der Waals surface area contributed by atoms with Crippen molar-refractivity contribution in [2.75, 3.05) is 0 Å². The molecule has 9 rings (SSSR count). The van der Waals surface area contributed by atoms with Gasteiger partial charge in [-0.25, -0.2) is 0 Å². The molecule has 0 bridgehead atoms. The Morgan fingerprint density at radius 1 is 0.675 bits per heavy atom. The molecule has 2 aliphatic carbocycles. The number of hydrogen-bond acceptors (Lipinski definition) is 2. The van der Waals surface area contributed by atoms with E-state index in [1.54, 1.807) is 0 Å². The summed E-state index contributed by atoms with van der Waals surface area (Å²) in [6.45, 7) is 14.3. The highest BCUT2D eigenvalue weighted by molar-refractivity contribution is 7.84. The van der Waals surface area contributed by atoms with Crippen LogP contribution in [0.1, 0.15) is 78.3 Å². The average Bonchev–Trinajstić information content (AvgIpc) is 3.65. The maximum absolute atomic E-state index is 4.88. The number of thiol groups is 1. The van der Waals surface area contributed by atoms with E-state index >= 15 is 0 Å². The van der Waals surface area contributed by atoms with Crippen molar-refractivity contribution < 1.29 is 0 Å². The summed E-state index contributed by atoms with van der Waals surface area (Å²) in [4.78, 5) is 3.35. The Morgan fingerprint density at radius 3 is 2.09 bits per heavy atom. The molecule has 1 aromatic heterocycles. The van der Waals surface area contributed by atoms with Gasteiger partial charge < -0.3 is 0 Å². The molecule has 0 amide bonds. The SMILES string of the molecule is C=C/C=C(\C=C/C)C(C=Cc1ccc(-c2c3c(c(-c4ccc(C=C(c5ccccc5)c5ccccc5)cc4)c4cc(-c5ccc(/C=C/C=C(S)/C(C)=C/C/C(C=C)=C\C/C=C\C)s5)ccc24)CC=CC=C3)cc1)C1=CCC=CC=C1. The second-order valence-electron chi connectivity index (χ2n) is 19.9. The van der Waals surface area contributed by atoms with Crippen LogP contribution in [-0.4, -0.2) is 0 Å². The molecule has 80 heavy (non-hydrogen) atoms. The van der Waals surface area contributed by atoms with Gasteiger partial charge in [0.2, 0.25) is 0 Å². The molecule has 0 aliphatic heterocycles. The summed E-state index contributed by atoms with van der Waals surface area (Å²) in [6, 6.07) is 51.4. The van der Waals surface area contributed by atoms with Crippen LogP contribution in [0.3, 0.4) is 0 Å². The van der Waals surface area contributed by atoms with Crippen molar-refractivity contribution in [2.24, 2.45) is 5.92 Å². The van der Waals surface area contributed by atoms with Crippen molar-refractivity contribution in [3.05, 3.63) is 340 Å². The van der Waals surface area contributed by atoms with Crippen molar-refractivity contribution in [3.8, 4) is 32.7 Å². The van der Waals surface area contributed by atoms with Gasteiger partial charge in [0, 0.05) is 20.6 Å². The van der Waals surface area contributed by atoms with E-state index in [9.17, 15) is 0 Å². The van der Waals surface area contributed by atoms with Crippen LogP contribution >= 0.6 is 24.0 Å². The Morgan fingerprint density at radius 2 is 1.38 bits per heavy atom. The molecule has 0 nitrogen and oxygen atoms in total. The number of rotatable bonds is 20. The zero-order valence-corrected chi connectivity index (χ0v) is 48.0. The molecule has 7 aromatic rings. The largest absolute Gasteiger partial charge is 0.143 e. The van der Waals surface area contributed by atoms with Gasteiger partial charge >= 0.3 is 0 Å². The molecule has 0 radical (unpaired) electrons. The first-order valence-corrected chi connectivity index (χ1v) is 29.0. The number of benzene rings is 6.